The maximum atomic E-state index is 13.6. The summed E-state index contributed by atoms with van der Waals surface area (Å²) in [5, 5.41) is 2.48. The number of imide groups is 1. The van der Waals surface area contributed by atoms with E-state index in [1.807, 2.05) is 0 Å². The number of anilines is 1. The molecule has 1 aromatic rings. The SMILES string of the molecule is C[C@@H](C(=O)OCC(=O)Nc1cc(Cl)ccc1F)N1C(=O)[C@H]2CCCC[C@H]2C1=O. The quantitative estimate of drug-likeness (QED) is 0.594. The highest BCUT2D eigenvalue weighted by molar-refractivity contribution is 6.30. The molecule has 7 nitrogen and oxygen atoms in total. The fraction of sp³-hybridized carbons (Fsp3) is 0.474. The van der Waals surface area contributed by atoms with Gasteiger partial charge in [-0.3, -0.25) is 19.3 Å². The van der Waals surface area contributed by atoms with E-state index in [0.29, 0.717) is 12.8 Å². The zero-order valence-electron chi connectivity index (χ0n) is 15.2. The number of hydrogen-bond donors (Lipinski definition) is 1. The molecule has 0 spiro atoms. The summed E-state index contributed by atoms with van der Waals surface area (Å²) in [4.78, 5) is 50.1. The number of benzene rings is 1. The Labute approximate surface area is 166 Å². The minimum Gasteiger partial charge on any atom is -0.454 e. The zero-order valence-corrected chi connectivity index (χ0v) is 16.0. The number of halogens is 2. The number of likely N-dealkylation sites (tertiary alicyclic amines) is 1. The Bertz CT molecular complexity index is 807. The lowest BCUT2D eigenvalue weighted by Gasteiger charge is -2.21. The summed E-state index contributed by atoms with van der Waals surface area (Å²) in [6.07, 6.45) is 3.04. The van der Waals surface area contributed by atoms with Crippen LogP contribution < -0.4 is 5.32 Å². The third-order valence-corrected chi connectivity index (χ3v) is 5.39. The summed E-state index contributed by atoms with van der Waals surface area (Å²) >= 11 is 5.75. The van der Waals surface area contributed by atoms with Crippen LogP contribution in [0.2, 0.25) is 5.02 Å². The van der Waals surface area contributed by atoms with Gasteiger partial charge in [-0.15, -0.1) is 0 Å². The van der Waals surface area contributed by atoms with Crippen molar-refractivity contribution >= 4 is 41.0 Å². The molecule has 1 aromatic carbocycles. The highest BCUT2D eigenvalue weighted by atomic mass is 35.5. The Balaban J connectivity index is 1.57. The van der Waals surface area contributed by atoms with Crippen LogP contribution in [0.4, 0.5) is 10.1 Å². The van der Waals surface area contributed by atoms with E-state index in [0.717, 1.165) is 23.8 Å². The molecule has 1 aliphatic carbocycles. The maximum Gasteiger partial charge on any atom is 0.329 e. The van der Waals surface area contributed by atoms with E-state index in [1.54, 1.807) is 0 Å². The van der Waals surface area contributed by atoms with Crippen LogP contribution in [-0.4, -0.2) is 41.2 Å². The van der Waals surface area contributed by atoms with Crippen LogP contribution >= 0.6 is 11.6 Å². The molecule has 9 heteroatoms. The summed E-state index contributed by atoms with van der Waals surface area (Å²) in [6, 6.07) is 2.52. The molecule has 0 bridgehead atoms. The fourth-order valence-corrected chi connectivity index (χ4v) is 3.88. The lowest BCUT2D eigenvalue weighted by atomic mass is 9.81. The van der Waals surface area contributed by atoms with Gasteiger partial charge in [0.25, 0.3) is 5.91 Å². The Morgan fingerprint density at radius 3 is 2.46 bits per heavy atom. The maximum absolute atomic E-state index is 13.6. The number of hydrogen-bond acceptors (Lipinski definition) is 5. The Kier molecular flexibility index (Phi) is 5.98. The minimum absolute atomic E-state index is 0.143. The van der Waals surface area contributed by atoms with Gasteiger partial charge in [0, 0.05) is 5.02 Å². The van der Waals surface area contributed by atoms with Gasteiger partial charge in [-0.1, -0.05) is 24.4 Å². The molecule has 3 rings (SSSR count). The largest absolute Gasteiger partial charge is 0.454 e. The van der Waals surface area contributed by atoms with E-state index in [4.69, 9.17) is 16.3 Å². The standard InChI is InChI=1S/C19H20ClFN2O5/c1-10(23-17(25)12-4-2-3-5-13(12)18(23)26)19(27)28-9-16(24)22-15-8-11(20)6-7-14(15)21/h6-8,10,12-13H,2-5,9H2,1H3,(H,22,24)/t10-,12-,13+/m0/s1. The molecule has 0 unspecified atom stereocenters. The summed E-state index contributed by atoms with van der Waals surface area (Å²) in [6.45, 7) is 0.711. The van der Waals surface area contributed by atoms with Crippen molar-refractivity contribution in [3.05, 3.63) is 29.0 Å². The van der Waals surface area contributed by atoms with Crippen LogP contribution in [0.3, 0.4) is 0 Å². The highest BCUT2D eigenvalue weighted by Crippen LogP contribution is 2.38. The Hall–Kier alpha value is -2.48. The molecule has 0 radical (unpaired) electrons. The molecule has 2 aliphatic rings. The molecule has 0 aromatic heterocycles. The van der Waals surface area contributed by atoms with Gasteiger partial charge >= 0.3 is 5.97 Å². The average molecular weight is 411 g/mol. The van der Waals surface area contributed by atoms with Crippen LogP contribution in [0.5, 0.6) is 0 Å². The molecule has 3 amide bonds. The first kappa shape index (κ1) is 20.3. The van der Waals surface area contributed by atoms with Crippen molar-refractivity contribution in [1.82, 2.24) is 4.90 Å². The second-order valence-corrected chi connectivity index (χ2v) is 7.44. The van der Waals surface area contributed by atoms with Gasteiger partial charge in [-0.25, -0.2) is 9.18 Å². The Morgan fingerprint density at radius 2 is 1.86 bits per heavy atom. The van der Waals surface area contributed by atoms with E-state index >= 15 is 0 Å². The zero-order chi connectivity index (χ0) is 20.4. The molecular weight excluding hydrogens is 391 g/mol. The van der Waals surface area contributed by atoms with Crippen molar-refractivity contribution in [2.45, 2.75) is 38.6 Å². The summed E-state index contributed by atoms with van der Waals surface area (Å²) < 4.78 is 18.5. The highest BCUT2D eigenvalue weighted by Gasteiger charge is 2.51. The molecule has 150 valence electrons. The van der Waals surface area contributed by atoms with Crippen molar-refractivity contribution in [2.24, 2.45) is 11.8 Å². The van der Waals surface area contributed by atoms with Gasteiger partial charge < -0.3 is 10.1 Å². The topological polar surface area (TPSA) is 92.8 Å². The molecule has 1 heterocycles. The summed E-state index contributed by atoms with van der Waals surface area (Å²) in [7, 11) is 0. The summed E-state index contributed by atoms with van der Waals surface area (Å²) in [5.74, 6) is -3.78. The lowest BCUT2D eigenvalue weighted by molar-refractivity contribution is -0.159. The predicted molar refractivity (Wildman–Crippen MR) is 97.8 cm³/mol. The number of rotatable bonds is 5. The third kappa shape index (κ3) is 4.01. The van der Waals surface area contributed by atoms with Crippen LogP contribution in [0.15, 0.2) is 18.2 Å². The normalized spacial score (nSPS) is 22.6. The lowest BCUT2D eigenvalue weighted by Crippen LogP contribution is -2.45. The second kappa shape index (κ2) is 8.26. The molecule has 3 atom stereocenters. The smallest absolute Gasteiger partial charge is 0.329 e. The number of amides is 3. The first-order valence-electron chi connectivity index (χ1n) is 9.08. The van der Waals surface area contributed by atoms with Crippen molar-refractivity contribution in [1.29, 1.82) is 0 Å². The monoisotopic (exact) mass is 410 g/mol. The Morgan fingerprint density at radius 1 is 1.25 bits per heavy atom. The van der Waals surface area contributed by atoms with Gasteiger partial charge in [0.15, 0.2) is 6.61 Å². The number of carbonyl (C=O) groups is 4. The number of nitrogens with zero attached hydrogens (tertiary/aromatic N) is 1. The first-order chi connectivity index (χ1) is 13.3. The fourth-order valence-electron chi connectivity index (χ4n) is 3.71. The van der Waals surface area contributed by atoms with Crippen molar-refractivity contribution in [2.75, 3.05) is 11.9 Å². The van der Waals surface area contributed by atoms with Gasteiger partial charge in [0.1, 0.15) is 11.9 Å². The molecule has 1 saturated heterocycles. The van der Waals surface area contributed by atoms with Crippen molar-refractivity contribution in [3.8, 4) is 0 Å². The van der Waals surface area contributed by atoms with E-state index in [-0.39, 0.29) is 34.4 Å². The van der Waals surface area contributed by atoms with E-state index in [1.165, 1.54) is 19.1 Å². The molecule has 2 fully saturated rings. The summed E-state index contributed by atoms with van der Waals surface area (Å²) in [5.41, 5.74) is -0.143. The molecular formula is C19H20ClFN2O5. The average Bonchev–Trinajstić information content (AvgIpc) is 2.93. The van der Waals surface area contributed by atoms with Crippen LogP contribution in [0.25, 0.3) is 0 Å². The molecule has 1 saturated carbocycles. The van der Waals surface area contributed by atoms with E-state index < -0.39 is 30.3 Å². The number of ether oxygens (including phenoxy) is 1. The number of esters is 1. The van der Waals surface area contributed by atoms with Gasteiger partial charge in [0.05, 0.1) is 17.5 Å². The number of fused-ring (bicyclic) bond motifs is 1. The van der Waals surface area contributed by atoms with Gasteiger partial charge in [-0.2, -0.15) is 0 Å². The van der Waals surface area contributed by atoms with E-state index in [9.17, 15) is 23.6 Å². The predicted octanol–water partition coefficient (Wildman–Crippen LogP) is 2.52. The third-order valence-electron chi connectivity index (χ3n) is 5.15. The van der Waals surface area contributed by atoms with E-state index in [2.05, 4.69) is 5.32 Å². The molecule has 1 N–H and O–H groups in total. The van der Waals surface area contributed by atoms with Crippen molar-refractivity contribution in [3.63, 3.8) is 0 Å². The van der Waals surface area contributed by atoms with Crippen LogP contribution in [0, 0.1) is 17.7 Å². The minimum atomic E-state index is -1.12. The van der Waals surface area contributed by atoms with Crippen LogP contribution in [0.1, 0.15) is 32.6 Å². The molecule has 1 aliphatic heterocycles. The van der Waals surface area contributed by atoms with Crippen molar-refractivity contribution < 1.29 is 28.3 Å². The van der Waals surface area contributed by atoms with Crippen LogP contribution in [-0.2, 0) is 23.9 Å². The first-order valence-corrected chi connectivity index (χ1v) is 9.46. The number of nitrogens with one attached hydrogen (secondary N) is 1. The molecule has 28 heavy (non-hydrogen) atoms. The number of carbonyl (C=O) groups excluding carboxylic acids is 4. The van der Waals surface area contributed by atoms with Gasteiger partial charge in [-0.05, 0) is 38.0 Å². The second-order valence-electron chi connectivity index (χ2n) is 7.00. The van der Waals surface area contributed by atoms with Gasteiger partial charge in [0.2, 0.25) is 11.8 Å².